The average molecular weight is 357 g/mol. The summed E-state index contributed by atoms with van der Waals surface area (Å²) in [6.07, 6.45) is 3.78. The van der Waals surface area contributed by atoms with Crippen LogP contribution in [-0.4, -0.2) is 44.0 Å². The third-order valence-corrected chi connectivity index (χ3v) is 4.85. The highest BCUT2D eigenvalue weighted by Crippen LogP contribution is 2.29. The monoisotopic (exact) mass is 357 g/mol. The Labute approximate surface area is 157 Å². The fraction of sp³-hybridized carbons (Fsp3) is 0.190. The maximum atomic E-state index is 5.61. The van der Waals surface area contributed by atoms with Crippen molar-refractivity contribution in [1.82, 2.24) is 5.16 Å². The first-order valence-electron chi connectivity index (χ1n) is 9.08. The first kappa shape index (κ1) is 15.8. The van der Waals surface area contributed by atoms with Crippen LogP contribution in [0, 0.1) is 0 Å². The number of nitrogens with zero attached hydrogens (tertiary/aromatic N) is 5. The van der Waals surface area contributed by atoms with Crippen molar-refractivity contribution in [3.05, 3.63) is 54.6 Å². The highest BCUT2D eigenvalue weighted by Gasteiger charge is 2.13. The molecule has 0 amide bonds. The molecular formula is C21H19N5O. The number of rotatable bonds is 4. The van der Waals surface area contributed by atoms with E-state index in [9.17, 15) is 0 Å². The summed E-state index contributed by atoms with van der Waals surface area (Å²) in [7, 11) is 0. The Morgan fingerprint density at radius 1 is 0.741 bits per heavy atom. The van der Waals surface area contributed by atoms with Gasteiger partial charge in [-0.25, -0.2) is 0 Å². The van der Waals surface area contributed by atoms with Crippen LogP contribution in [0.2, 0.25) is 0 Å². The summed E-state index contributed by atoms with van der Waals surface area (Å²) in [5.74, 6) is 0.764. The van der Waals surface area contributed by atoms with Gasteiger partial charge in [0.15, 0.2) is 5.76 Å². The molecule has 2 aromatic carbocycles. The van der Waals surface area contributed by atoms with Crippen LogP contribution in [0.4, 0.5) is 11.4 Å². The van der Waals surface area contributed by atoms with Crippen molar-refractivity contribution in [2.24, 2.45) is 9.98 Å². The number of anilines is 2. The van der Waals surface area contributed by atoms with Crippen LogP contribution in [0.15, 0.2) is 69.1 Å². The lowest BCUT2D eigenvalue weighted by molar-refractivity contribution is 0.435. The smallest absolute Gasteiger partial charge is 0.167 e. The summed E-state index contributed by atoms with van der Waals surface area (Å²) in [6.45, 7) is 3.55. The molecule has 0 saturated carbocycles. The van der Waals surface area contributed by atoms with E-state index in [1.807, 2.05) is 30.9 Å². The molecule has 3 heterocycles. The van der Waals surface area contributed by atoms with Crippen molar-refractivity contribution < 1.29 is 4.52 Å². The minimum absolute atomic E-state index is 0.764. The summed E-state index contributed by atoms with van der Waals surface area (Å²) in [4.78, 5) is 12.8. The molecule has 0 atom stereocenters. The van der Waals surface area contributed by atoms with Gasteiger partial charge in [-0.15, -0.1) is 0 Å². The van der Waals surface area contributed by atoms with E-state index < -0.39 is 0 Å². The lowest BCUT2D eigenvalue weighted by atomic mass is 10.1. The number of aliphatic imine (C=N–C) groups is 2. The molecule has 1 aromatic heterocycles. The Hall–Kier alpha value is -3.41. The van der Waals surface area contributed by atoms with Crippen LogP contribution in [0.5, 0.6) is 0 Å². The van der Waals surface area contributed by atoms with Crippen molar-refractivity contribution >= 4 is 24.1 Å². The normalized spacial score (nSPS) is 15.9. The highest BCUT2D eigenvalue weighted by molar-refractivity contribution is 5.83. The quantitative estimate of drug-likeness (QED) is 0.714. The van der Waals surface area contributed by atoms with Gasteiger partial charge in [0.1, 0.15) is 5.69 Å². The molecule has 0 N–H and O–H groups in total. The van der Waals surface area contributed by atoms with Gasteiger partial charge in [-0.2, -0.15) is 0 Å². The zero-order valence-electron chi connectivity index (χ0n) is 14.8. The number of benzene rings is 2. The van der Waals surface area contributed by atoms with E-state index in [-0.39, 0.29) is 0 Å². The predicted octanol–water partition coefficient (Wildman–Crippen LogP) is 3.71. The van der Waals surface area contributed by atoms with Gasteiger partial charge in [0.05, 0.1) is 25.8 Å². The Bertz CT molecular complexity index is 1010. The Kier molecular flexibility index (Phi) is 3.93. The number of aromatic nitrogens is 1. The van der Waals surface area contributed by atoms with E-state index in [0.717, 1.165) is 60.1 Å². The Morgan fingerprint density at radius 3 is 2.19 bits per heavy atom. The van der Waals surface area contributed by atoms with Gasteiger partial charge in [0.25, 0.3) is 0 Å². The third kappa shape index (κ3) is 3.10. The topological polar surface area (TPSA) is 57.2 Å². The number of hydrogen-bond donors (Lipinski definition) is 0. The van der Waals surface area contributed by atoms with E-state index in [1.54, 1.807) is 0 Å². The Morgan fingerprint density at radius 2 is 1.48 bits per heavy atom. The van der Waals surface area contributed by atoms with Crippen LogP contribution in [0.25, 0.3) is 22.6 Å². The third-order valence-electron chi connectivity index (χ3n) is 4.85. The van der Waals surface area contributed by atoms with Gasteiger partial charge >= 0.3 is 0 Å². The van der Waals surface area contributed by atoms with Gasteiger partial charge in [0, 0.05) is 41.7 Å². The lowest BCUT2D eigenvalue weighted by Crippen LogP contribution is -2.17. The molecule has 5 rings (SSSR count). The second-order valence-corrected chi connectivity index (χ2v) is 6.60. The second kappa shape index (κ2) is 6.72. The van der Waals surface area contributed by atoms with E-state index in [2.05, 4.69) is 61.3 Å². The second-order valence-electron chi connectivity index (χ2n) is 6.60. The largest absolute Gasteiger partial charge is 0.356 e. The van der Waals surface area contributed by atoms with Crippen LogP contribution < -0.4 is 9.80 Å². The zero-order valence-corrected chi connectivity index (χ0v) is 14.8. The van der Waals surface area contributed by atoms with Gasteiger partial charge in [0.2, 0.25) is 0 Å². The standard InChI is InChI=1S/C21H19N5O/c1-2-17(12-19(3-1)26-11-9-23-15-26)20-13-21(27-24-20)16-4-6-18(7-5-16)25-10-8-22-14-25/h1-7,12-15H,8-11H2. The van der Waals surface area contributed by atoms with E-state index in [1.165, 1.54) is 0 Å². The molecule has 0 radical (unpaired) electrons. The molecule has 2 aliphatic rings. The lowest BCUT2D eigenvalue weighted by Gasteiger charge is -2.14. The van der Waals surface area contributed by atoms with Crippen LogP contribution in [0.3, 0.4) is 0 Å². The summed E-state index contributed by atoms with van der Waals surface area (Å²) < 4.78 is 5.61. The van der Waals surface area contributed by atoms with Crippen molar-refractivity contribution in [3.8, 4) is 22.6 Å². The molecule has 0 fully saturated rings. The SMILES string of the molecule is C1=NCCN1c1ccc(-c2cc(-c3cccc(N4C=NCC4)c3)no2)cc1. The minimum atomic E-state index is 0.764. The van der Waals surface area contributed by atoms with Crippen molar-refractivity contribution in [3.63, 3.8) is 0 Å². The first-order valence-corrected chi connectivity index (χ1v) is 9.08. The summed E-state index contributed by atoms with van der Waals surface area (Å²) in [5.41, 5.74) is 5.14. The molecule has 0 bridgehead atoms. The molecule has 6 nitrogen and oxygen atoms in total. The minimum Gasteiger partial charge on any atom is -0.356 e. The van der Waals surface area contributed by atoms with Crippen molar-refractivity contribution in [2.45, 2.75) is 0 Å². The van der Waals surface area contributed by atoms with Gasteiger partial charge in [-0.05, 0) is 36.4 Å². The predicted molar refractivity (Wildman–Crippen MR) is 109 cm³/mol. The molecular weight excluding hydrogens is 338 g/mol. The maximum Gasteiger partial charge on any atom is 0.167 e. The van der Waals surface area contributed by atoms with Crippen molar-refractivity contribution in [2.75, 3.05) is 36.0 Å². The van der Waals surface area contributed by atoms with E-state index >= 15 is 0 Å². The summed E-state index contributed by atoms with van der Waals surface area (Å²) >= 11 is 0. The van der Waals surface area contributed by atoms with Gasteiger partial charge < -0.3 is 14.3 Å². The van der Waals surface area contributed by atoms with Crippen LogP contribution in [-0.2, 0) is 0 Å². The molecule has 27 heavy (non-hydrogen) atoms. The number of hydrogen-bond acceptors (Lipinski definition) is 6. The molecule has 0 unspecified atom stereocenters. The zero-order chi connectivity index (χ0) is 18.1. The van der Waals surface area contributed by atoms with Crippen LogP contribution in [0.1, 0.15) is 0 Å². The fourth-order valence-electron chi connectivity index (χ4n) is 3.36. The molecule has 0 saturated heterocycles. The molecule has 134 valence electrons. The molecule has 2 aliphatic heterocycles. The average Bonchev–Trinajstić information content (AvgIpc) is 3.51. The molecule has 0 aliphatic carbocycles. The summed E-state index contributed by atoms with van der Waals surface area (Å²) in [6, 6.07) is 18.6. The van der Waals surface area contributed by atoms with E-state index in [0.29, 0.717) is 0 Å². The van der Waals surface area contributed by atoms with Gasteiger partial charge in [-0.3, -0.25) is 9.98 Å². The van der Waals surface area contributed by atoms with Gasteiger partial charge in [-0.1, -0.05) is 17.3 Å². The molecule has 0 spiro atoms. The first-order chi connectivity index (χ1) is 13.4. The highest BCUT2D eigenvalue weighted by atomic mass is 16.5. The fourth-order valence-corrected chi connectivity index (χ4v) is 3.36. The summed E-state index contributed by atoms with van der Waals surface area (Å²) in [5, 5.41) is 4.27. The van der Waals surface area contributed by atoms with Crippen molar-refractivity contribution in [1.29, 1.82) is 0 Å². The van der Waals surface area contributed by atoms with Crippen LogP contribution >= 0.6 is 0 Å². The maximum absolute atomic E-state index is 5.61. The van der Waals surface area contributed by atoms with E-state index in [4.69, 9.17) is 4.52 Å². The molecule has 3 aromatic rings. The Balaban J connectivity index is 1.39. The molecule has 6 heteroatoms.